The molecule has 1 N–H and O–H groups in total. The van der Waals surface area contributed by atoms with E-state index < -0.39 is 0 Å². The minimum absolute atomic E-state index is 0.588. The lowest BCUT2D eigenvalue weighted by Gasteiger charge is -2.20. The van der Waals surface area contributed by atoms with Crippen molar-refractivity contribution in [3.05, 3.63) is 53.3 Å². The van der Waals surface area contributed by atoms with Crippen LogP contribution in [0.4, 0.5) is 0 Å². The van der Waals surface area contributed by atoms with Crippen molar-refractivity contribution in [3.63, 3.8) is 0 Å². The Hall–Kier alpha value is -1.54. The highest BCUT2D eigenvalue weighted by molar-refractivity contribution is 5.40. The van der Waals surface area contributed by atoms with E-state index in [1.807, 2.05) is 0 Å². The average Bonchev–Trinajstić information content (AvgIpc) is 2.75. The molecular formula is C19H28N2. The first-order chi connectivity index (χ1) is 10.0. The third-order valence-corrected chi connectivity index (χ3v) is 4.35. The van der Waals surface area contributed by atoms with E-state index in [-0.39, 0.29) is 0 Å². The Balaban J connectivity index is 2.20. The van der Waals surface area contributed by atoms with Gasteiger partial charge in [-0.05, 0) is 49.9 Å². The maximum absolute atomic E-state index is 3.70. The number of nitrogens with zero attached hydrogens (tertiary/aromatic N) is 1. The largest absolute Gasteiger partial charge is 0.318 e. The Morgan fingerprint density at radius 1 is 1.10 bits per heavy atom. The number of benzene rings is 1. The highest BCUT2D eigenvalue weighted by Crippen LogP contribution is 2.21. The molecule has 1 heterocycles. The molecule has 0 bridgehead atoms. The van der Waals surface area contributed by atoms with Crippen LogP contribution in [0.5, 0.6) is 0 Å². The lowest BCUT2D eigenvalue weighted by atomic mass is 10.0. The first kappa shape index (κ1) is 15.8. The summed E-state index contributed by atoms with van der Waals surface area (Å²) < 4.78 is 2.34. The summed E-state index contributed by atoms with van der Waals surface area (Å²) in [4.78, 5) is 0. The number of aromatic nitrogens is 1. The van der Waals surface area contributed by atoms with Gasteiger partial charge in [-0.15, -0.1) is 0 Å². The molecule has 0 radical (unpaired) electrons. The molecule has 0 aliphatic heterocycles. The highest BCUT2D eigenvalue weighted by atomic mass is 15.0. The molecule has 2 aromatic rings. The van der Waals surface area contributed by atoms with Crippen molar-refractivity contribution in [1.82, 2.24) is 9.88 Å². The highest BCUT2D eigenvalue weighted by Gasteiger charge is 2.14. The van der Waals surface area contributed by atoms with Gasteiger partial charge in [0.25, 0.3) is 0 Å². The fourth-order valence-electron chi connectivity index (χ4n) is 3.08. The van der Waals surface area contributed by atoms with E-state index in [1.165, 1.54) is 29.1 Å². The second-order valence-electron chi connectivity index (χ2n) is 6.21. The van der Waals surface area contributed by atoms with Crippen LogP contribution in [0.25, 0.3) is 5.69 Å². The molecule has 0 fully saturated rings. The summed E-state index contributed by atoms with van der Waals surface area (Å²) in [7, 11) is 0. The van der Waals surface area contributed by atoms with Gasteiger partial charge in [-0.25, -0.2) is 0 Å². The zero-order valence-electron chi connectivity index (χ0n) is 14.0. The van der Waals surface area contributed by atoms with Gasteiger partial charge in [0.15, 0.2) is 0 Å². The first-order valence-electron chi connectivity index (χ1n) is 8.01. The SMILES string of the molecule is CCC(NCc1cc(C)n(-c2ccccc2)c1C)C(C)C. The van der Waals surface area contributed by atoms with Gasteiger partial charge in [-0.3, -0.25) is 0 Å². The van der Waals surface area contributed by atoms with Crippen molar-refractivity contribution >= 4 is 0 Å². The normalized spacial score (nSPS) is 12.9. The number of para-hydroxylation sites is 1. The first-order valence-corrected chi connectivity index (χ1v) is 8.01. The quantitative estimate of drug-likeness (QED) is 0.819. The summed E-state index contributed by atoms with van der Waals surface area (Å²) in [6.07, 6.45) is 1.18. The van der Waals surface area contributed by atoms with Crippen LogP contribution in [0, 0.1) is 19.8 Å². The van der Waals surface area contributed by atoms with E-state index in [9.17, 15) is 0 Å². The second kappa shape index (κ2) is 6.95. The monoisotopic (exact) mass is 284 g/mol. The third kappa shape index (κ3) is 3.56. The molecule has 21 heavy (non-hydrogen) atoms. The number of hydrogen-bond acceptors (Lipinski definition) is 1. The molecule has 0 spiro atoms. The molecule has 2 heteroatoms. The van der Waals surface area contributed by atoms with Crippen LogP contribution < -0.4 is 5.32 Å². The predicted octanol–water partition coefficient (Wildman–Crippen LogP) is 4.62. The van der Waals surface area contributed by atoms with Crippen molar-refractivity contribution in [2.24, 2.45) is 5.92 Å². The Morgan fingerprint density at radius 3 is 2.33 bits per heavy atom. The zero-order valence-corrected chi connectivity index (χ0v) is 14.0. The summed E-state index contributed by atoms with van der Waals surface area (Å²) in [6, 6.07) is 13.5. The van der Waals surface area contributed by atoms with Crippen LogP contribution in [0.3, 0.4) is 0 Å². The zero-order chi connectivity index (χ0) is 15.4. The molecule has 1 atom stereocenters. The lowest BCUT2D eigenvalue weighted by Crippen LogP contribution is -2.32. The number of aryl methyl sites for hydroxylation is 1. The van der Waals surface area contributed by atoms with Crippen molar-refractivity contribution in [2.75, 3.05) is 0 Å². The Morgan fingerprint density at radius 2 is 1.76 bits per heavy atom. The van der Waals surface area contributed by atoms with E-state index >= 15 is 0 Å². The van der Waals surface area contributed by atoms with Gasteiger partial charge in [0, 0.05) is 29.7 Å². The van der Waals surface area contributed by atoms with Gasteiger partial charge in [0.1, 0.15) is 0 Å². The second-order valence-corrected chi connectivity index (χ2v) is 6.21. The molecule has 1 aromatic heterocycles. The molecule has 0 saturated carbocycles. The number of rotatable bonds is 6. The van der Waals surface area contributed by atoms with Crippen LogP contribution in [0.1, 0.15) is 44.1 Å². The summed E-state index contributed by atoms with van der Waals surface area (Å²) in [5, 5.41) is 3.70. The standard InChI is InChI=1S/C19H28N2/c1-6-19(14(2)3)20-13-17-12-15(4)21(16(17)5)18-10-8-7-9-11-18/h7-12,14,19-20H,6,13H2,1-5H3. The minimum atomic E-state index is 0.588. The van der Waals surface area contributed by atoms with E-state index in [0.717, 1.165) is 6.54 Å². The van der Waals surface area contributed by atoms with Crippen LogP contribution in [0.15, 0.2) is 36.4 Å². The molecule has 0 aliphatic rings. The van der Waals surface area contributed by atoms with Crippen molar-refractivity contribution < 1.29 is 0 Å². The predicted molar refractivity (Wildman–Crippen MR) is 91.0 cm³/mol. The van der Waals surface area contributed by atoms with Crippen LogP contribution in [0.2, 0.25) is 0 Å². The van der Waals surface area contributed by atoms with E-state index in [0.29, 0.717) is 12.0 Å². The van der Waals surface area contributed by atoms with Crippen LogP contribution in [-0.4, -0.2) is 10.6 Å². The Kier molecular flexibility index (Phi) is 5.24. The topological polar surface area (TPSA) is 17.0 Å². The van der Waals surface area contributed by atoms with Gasteiger partial charge < -0.3 is 9.88 Å². The Bertz CT molecular complexity index is 567. The van der Waals surface area contributed by atoms with Gasteiger partial charge in [0.05, 0.1) is 0 Å². The van der Waals surface area contributed by atoms with Crippen molar-refractivity contribution in [1.29, 1.82) is 0 Å². The molecule has 1 unspecified atom stereocenters. The third-order valence-electron chi connectivity index (χ3n) is 4.35. The van der Waals surface area contributed by atoms with Crippen molar-refractivity contribution in [3.8, 4) is 5.69 Å². The summed E-state index contributed by atoms with van der Waals surface area (Å²) in [6.45, 7) is 12.2. The van der Waals surface area contributed by atoms with Gasteiger partial charge in [-0.1, -0.05) is 39.0 Å². The van der Waals surface area contributed by atoms with Gasteiger partial charge in [-0.2, -0.15) is 0 Å². The maximum Gasteiger partial charge on any atom is 0.0455 e. The van der Waals surface area contributed by atoms with Gasteiger partial charge in [0.2, 0.25) is 0 Å². The number of nitrogens with one attached hydrogen (secondary N) is 1. The molecule has 2 nitrogen and oxygen atoms in total. The molecular weight excluding hydrogens is 256 g/mol. The summed E-state index contributed by atoms with van der Waals surface area (Å²) in [5.74, 6) is 0.674. The molecule has 0 amide bonds. The molecule has 0 aliphatic carbocycles. The fraction of sp³-hybridized carbons (Fsp3) is 0.474. The lowest BCUT2D eigenvalue weighted by molar-refractivity contribution is 0.387. The van der Waals surface area contributed by atoms with Crippen LogP contribution in [-0.2, 0) is 6.54 Å². The minimum Gasteiger partial charge on any atom is -0.318 e. The van der Waals surface area contributed by atoms with E-state index in [2.05, 4.69) is 80.9 Å². The average molecular weight is 284 g/mol. The van der Waals surface area contributed by atoms with Crippen LogP contribution >= 0.6 is 0 Å². The Labute approximate surface area is 129 Å². The maximum atomic E-state index is 3.70. The molecule has 0 saturated heterocycles. The van der Waals surface area contributed by atoms with E-state index in [1.54, 1.807) is 0 Å². The van der Waals surface area contributed by atoms with Crippen molar-refractivity contribution in [2.45, 2.75) is 53.6 Å². The molecule has 1 aromatic carbocycles. The smallest absolute Gasteiger partial charge is 0.0455 e. The summed E-state index contributed by atoms with van der Waals surface area (Å²) in [5.41, 5.74) is 5.28. The summed E-state index contributed by atoms with van der Waals surface area (Å²) >= 11 is 0. The number of hydrogen-bond donors (Lipinski definition) is 1. The van der Waals surface area contributed by atoms with E-state index in [4.69, 9.17) is 0 Å². The fourth-order valence-corrected chi connectivity index (χ4v) is 3.08. The van der Waals surface area contributed by atoms with Gasteiger partial charge >= 0.3 is 0 Å². The molecule has 114 valence electrons. The molecule has 2 rings (SSSR count).